The maximum atomic E-state index is 12.1. The lowest BCUT2D eigenvalue weighted by Crippen LogP contribution is -3.06. The maximum absolute atomic E-state index is 12.1. The Morgan fingerprint density at radius 1 is 1.13 bits per heavy atom. The van der Waals surface area contributed by atoms with E-state index in [0.717, 1.165) is 31.4 Å². The summed E-state index contributed by atoms with van der Waals surface area (Å²) in [5.74, 6) is 0.0722. The molecule has 1 aromatic rings. The van der Waals surface area contributed by atoms with E-state index in [9.17, 15) is 9.59 Å². The molecule has 1 rings (SSSR count). The van der Waals surface area contributed by atoms with Crippen LogP contribution in [0.25, 0.3) is 0 Å². The average molecular weight is 321 g/mol. The van der Waals surface area contributed by atoms with Crippen LogP contribution in [0.5, 0.6) is 0 Å². The summed E-state index contributed by atoms with van der Waals surface area (Å²) in [5.41, 5.74) is 6.12. The molecule has 0 saturated heterocycles. The molecule has 0 fully saturated rings. The molecule has 0 heterocycles. The molecule has 0 saturated carbocycles. The zero-order valence-corrected chi connectivity index (χ0v) is 14.1. The number of benzene rings is 1. The van der Waals surface area contributed by atoms with Crippen molar-refractivity contribution in [2.75, 3.05) is 27.2 Å². The van der Waals surface area contributed by atoms with Crippen LogP contribution >= 0.6 is 0 Å². The van der Waals surface area contributed by atoms with Gasteiger partial charge >= 0.3 is 6.03 Å². The fourth-order valence-electron chi connectivity index (χ4n) is 2.41. The third kappa shape index (κ3) is 8.83. The molecule has 0 aromatic heterocycles. The molecule has 0 spiro atoms. The summed E-state index contributed by atoms with van der Waals surface area (Å²) < 4.78 is 0. The third-order valence-corrected chi connectivity index (χ3v) is 3.53. The Morgan fingerprint density at radius 2 is 1.83 bits per heavy atom. The summed E-state index contributed by atoms with van der Waals surface area (Å²) in [5, 5.41) is 5.67. The van der Waals surface area contributed by atoms with Crippen LogP contribution in [0.2, 0.25) is 0 Å². The number of hydrogen-bond acceptors (Lipinski definition) is 2. The molecule has 6 heteroatoms. The van der Waals surface area contributed by atoms with Gasteiger partial charge in [-0.3, -0.25) is 4.79 Å². The molecule has 128 valence electrons. The van der Waals surface area contributed by atoms with Crippen molar-refractivity contribution in [1.82, 2.24) is 10.6 Å². The highest BCUT2D eigenvalue weighted by Gasteiger charge is 2.17. The van der Waals surface area contributed by atoms with Crippen molar-refractivity contribution in [3.63, 3.8) is 0 Å². The van der Waals surface area contributed by atoms with Crippen molar-refractivity contribution in [1.29, 1.82) is 0 Å². The molecule has 6 nitrogen and oxygen atoms in total. The number of primary amides is 1. The van der Waals surface area contributed by atoms with Gasteiger partial charge in [0.05, 0.1) is 14.1 Å². The van der Waals surface area contributed by atoms with E-state index in [-0.39, 0.29) is 11.9 Å². The van der Waals surface area contributed by atoms with E-state index in [1.165, 1.54) is 4.90 Å². The van der Waals surface area contributed by atoms with Gasteiger partial charge in [-0.05, 0) is 18.4 Å². The molecule has 1 aromatic carbocycles. The molecule has 0 unspecified atom stereocenters. The molecule has 23 heavy (non-hydrogen) atoms. The van der Waals surface area contributed by atoms with Crippen LogP contribution in [0.15, 0.2) is 30.3 Å². The first-order valence-electron chi connectivity index (χ1n) is 8.15. The molecular weight excluding hydrogens is 292 g/mol. The third-order valence-electron chi connectivity index (χ3n) is 3.53. The average Bonchev–Trinajstić information content (AvgIpc) is 2.50. The van der Waals surface area contributed by atoms with Crippen molar-refractivity contribution in [3.05, 3.63) is 35.9 Å². The Hall–Kier alpha value is -2.08. The minimum Gasteiger partial charge on any atom is -0.352 e. The van der Waals surface area contributed by atoms with Crippen LogP contribution in [-0.4, -0.2) is 39.1 Å². The second-order valence-electron chi connectivity index (χ2n) is 6.04. The highest BCUT2D eigenvalue weighted by Crippen LogP contribution is 2.11. The summed E-state index contributed by atoms with van der Waals surface area (Å²) >= 11 is 0. The standard InChI is InChI=1S/C17H28N4O2/c1-21(2)13-15(14-9-5-3-6-10-14)20-16(22)11-7-4-8-12-19-17(18)23/h3,5-6,9-10,15H,4,7-8,11-13H2,1-2H3,(H,20,22)(H3,18,19,23)/p+1/t15-/m0/s1. The summed E-state index contributed by atoms with van der Waals surface area (Å²) in [6.07, 6.45) is 3.04. The number of hydrogen-bond donors (Lipinski definition) is 4. The van der Waals surface area contributed by atoms with Crippen molar-refractivity contribution in [3.8, 4) is 0 Å². The van der Waals surface area contributed by atoms with Crippen LogP contribution in [0.1, 0.15) is 37.3 Å². The number of urea groups is 1. The first-order chi connectivity index (χ1) is 11.0. The minimum absolute atomic E-state index is 0.0326. The summed E-state index contributed by atoms with van der Waals surface area (Å²) in [7, 11) is 4.15. The predicted octanol–water partition coefficient (Wildman–Crippen LogP) is 0.217. The number of carbonyl (C=O) groups excluding carboxylic acids is 2. The Kier molecular flexibility index (Phi) is 8.75. The lowest BCUT2D eigenvalue weighted by Gasteiger charge is -2.21. The van der Waals surface area contributed by atoms with Crippen molar-refractivity contribution in [2.24, 2.45) is 5.73 Å². The Bertz CT molecular complexity index is 477. The zero-order chi connectivity index (χ0) is 17.1. The molecule has 0 radical (unpaired) electrons. The van der Waals surface area contributed by atoms with E-state index in [4.69, 9.17) is 5.73 Å². The van der Waals surface area contributed by atoms with Crippen molar-refractivity contribution < 1.29 is 14.5 Å². The Morgan fingerprint density at radius 3 is 2.43 bits per heavy atom. The lowest BCUT2D eigenvalue weighted by molar-refractivity contribution is -0.860. The van der Waals surface area contributed by atoms with Crippen molar-refractivity contribution in [2.45, 2.75) is 31.7 Å². The molecule has 1 atom stereocenters. The number of nitrogens with two attached hydrogens (primary N) is 1. The second-order valence-corrected chi connectivity index (χ2v) is 6.04. The number of quaternary nitrogens is 1. The first kappa shape index (κ1) is 19.0. The molecular formula is C17H29N4O2+. The number of carbonyl (C=O) groups is 2. The number of rotatable bonds is 10. The van der Waals surface area contributed by atoms with Crippen LogP contribution < -0.4 is 21.3 Å². The van der Waals surface area contributed by atoms with E-state index in [2.05, 4.69) is 24.7 Å². The smallest absolute Gasteiger partial charge is 0.312 e. The zero-order valence-electron chi connectivity index (χ0n) is 14.1. The minimum atomic E-state index is -0.500. The van der Waals surface area contributed by atoms with E-state index in [1.54, 1.807) is 0 Å². The Labute approximate surface area is 138 Å². The molecule has 0 aliphatic rings. The summed E-state index contributed by atoms with van der Waals surface area (Å²) in [4.78, 5) is 24.0. The second kappa shape index (κ2) is 10.6. The van der Waals surface area contributed by atoms with Gasteiger partial charge in [0.1, 0.15) is 12.6 Å². The fraction of sp³-hybridized carbons (Fsp3) is 0.529. The van der Waals surface area contributed by atoms with Gasteiger partial charge < -0.3 is 21.3 Å². The SMILES string of the molecule is C[NH+](C)C[C@H](NC(=O)CCCCCNC(N)=O)c1ccccc1. The van der Waals surface area contributed by atoms with Crippen LogP contribution in [-0.2, 0) is 4.79 Å². The van der Waals surface area contributed by atoms with Gasteiger partial charge in [0.15, 0.2) is 0 Å². The lowest BCUT2D eigenvalue weighted by atomic mass is 10.1. The molecule has 5 N–H and O–H groups in total. The number of amides is 3. The van der Waals surface area contributed by atoms with Crippen LogP contribution in [0.3, 0.4) is 0 Å². The molecule has 3 amide bonds. The number of likely N-dealkylation sites (N-methyl/N-ethyl adjacent to an activating group) is 1. The van der Waals surface area contributed by atoms with Gasteiger partial charge in [-0.1, -0.05) is 36.8 Å². The molecule has 0 aliphatic heterocycles. The largest absolute Gasteiger partial charge is 0.352 e. The van der Waals surface area contributed by atoms with E-state index >= 15 is 0 Å². The van der Waals surface area contributed by atoms with Gasteiger partial charge in [-0.2, -0.15) is 0 Å². The van der Waals surface area contributed by atoms with E-state index in [0.29, 0.717) is 13.0 Å². The monoisotopic (exact) mass is 321 g/mol. The first-order valence-corrected chi connectivity index (χ1v) is 8.15. The van der Waals surface area contributed by atoms with Gasteiger partial charge in [0, 0.05) is 13.0 Å². The van der Waals surface area contributed by atoms with Gasteiger partial charge in [0.2, 0.25) is 5.91 Å². The highest BCUT2D eigenvalue weighted by atomic mass is 16.2. The summed E-state index contributed by atoms with van der Waals surface area (Å²) in [6, 6.07) is 9.58. The Balaban J connectivity index is 2.35. The normalized spacial score (nSPS) is 12.0. The van der Waals surface area contributed by atoms with Crippen LogP contribution in [0, 0.1) is 0 Å². The summed E-state index contributed by atoms with van der Waals surface area (Å²) in [6.45, 7) is 1.41. The van der Waals surface area contributed by atoms with E-state index in [1.807, 2.05) is 30.3 Å². The molecule has 0 aliphatic carbocycles. The number of nitrogens with one attached hydrogen (secondary N) is 3. The topological polar surface area (TPSA) is 88.7 Å². The van der Waals surface area contributed by atoms with E-state index < -0.39 is 6.03 Å². The number of unbranched alkanes of at least 4 members (excludes halogenated alkanes) is 2. The maximum Gasteiger partial charge on any atom is 0.312 e. The van der Waals surface area contributed by atoms with Gasteiger partial charge in [-0.25, -0.2) is 4.79 Å². The van der Waals surface area contributed by atoms with Crippen molar-refractivity contribution >= 4 is 11.9 Å². The quantitative estimate of drug-likeness (QED) is 0.464. The van der Waals surface area contributed by atoms with Gasteiger partial charge in [0.25, 0.3) is 0 Å². The predicted molar refractivity (Wildman–Crippen MR) is 91.1 cm³/mol. The highest BCUT2D eigenvalue weighted by molar-refractivity contribution is 5.76. The fourth-order valence-corrected chi connectivity index (χ4v) is 2.41. The van der Waals surface area contributed by atoms with Gasteiger partial charge in [-0.15, -0.1) is 0 Å². The molecule has 0 bridgehead atoms. The van der Waals surface area contributed by atoms with Crippen LogP contribution in [0.4, 0.5) is 4.79 Å².